The van der Waals surface area contributed by atoms with E-state index < -0.39 is 0 Å². The first-order valence-electron chi connectivity index (χ1n) is 4.88. The lowest BCUT2D eigenvalue weighted by atomic mass is 9.92. The van der Waals surface area contributed by atoms with Crippen molar-refractivity contribution in [3.63, 3.8) is 0 Å². The minimum absolute atomic E-state index is 0.141. The van der Waals surface area contributed by atoms with E-state index in [2.05, 4.69) is 36.7 Å². The van der Waals surface area contributed by atoms with Crippen LogP contribution in [0.1, 0.15) is 33.6 Å². The molecule has 0 radical (unpaired) electrons. The van der Waals surface area contributed by atoms with Gasteiger partial charge in [-0.3, -0.25) is 0 Å². The molecule has 3 heteroatoms. The van der Waals surface area contributed by atoms with Crippen LogP contribution in [0.25, 0.3) is 0 Å². The number of halogens is 2. The molecule has 0 aliphatic carbocycles. The molecule has 1 rings (SSSR count). The van der Waals surface area contributed by atoms with Gasteiger partial charge in [0, 0.05) is 6.61 Å². The van der Waals surface area contributed by atoms with Crippen LogP contribution in [-0.4, -0.2) is 22.4 Å². The summed E-state index contributed by atoms with van der Waals surface area (Å²) in [4.78, 5) is 0.135. The van der Waals surface area contributed by atoms with E-state index in [0.29, 0.717) is 5.92 Å². The second-order valence-corrected chi connectivity index (χ2v) is 6.32. The maximum Gasteiger partial charge on any atom is 0.0719 e. The van der Waals surface area contributed by atoms with Gasteiger partial charge in [-0.2, -0.15) is 0 Å². The number of hydrogen-bond donors (Lipinski definition) is 0. The average molecular weight is 270 g/mol. The Kier molecular flexibility index (Phi) is 4.09. The van der Waals surface area contributed by atoms with Gasteiger partial charge >= 0.3 is 0 Å². The Morgan fingerprint density at radius 2 is 2.23 bits per heavy atom. The lowest BCUT2D eigenvalue weighted by Crippen LogP contribution is -2.46. The largest absolute Gasteiger partial charge is 0.377 e. The van der Waals surface area contributed by atoms with Crippen LogP contribution in [-0.2, 0) is 4.74 Å². The fraction of sp³-hybridized carbons (Fsp3) is 1.00. The summed E-state index contributed by atoms with van der Waals surface area (Å²) in [6.07, 6.45) is 2.29. The monoisotopic (exact) mass is 268 g/mol. The minimum atomic E-state index is -0.141. The van der Waals surface area contributed by atoms with Gasteiger partial charge in [0.05, 0.1) is 15.8 Å². The molecule has 0 amide bonds. The molecule has 1 saturated heterocycles. The molecule has 3 atom stereocenters. The van der Waals surface area contributed by atoms with Gasteiger partial charge in [0.2, 0.25) is 0 Å². The smallest absolute Gasteiger partial charge is 0.0719 e. The highest BCUT2D eigenvalue weighted by atomic mass is 79.9. The predicted molar refractivity (Wildman–Crippen MR) is 60.8 cm³/mol. The molecule has 78 valence electrons. The molecule has 1 aliphatic rings. The van der Waals surface area contributed by atoms with Crippen molar-refractivity contribution in [2.24, 2.45) is 5.92 Å². The van der Waals surface area contributed by atoms with Crippen molar-refractivity contribution in [2.75, 3.05) is 6.61 Å². The molecule has 1 heterocycles. The van der Waals surface area contributed by atoms with Crippen molar-refractivity contribution in [1.82, 2.24) is 0 Å². The lowest BCUT2D eigenvalue weighted by molar-refractivity contribution is -0.00182. The maximum absolute atomic E-state index is 6.37. The summed E-state index contributed by atoms with van der Waals surface area (Å²) in [5, 5.41) is 0. The van der Waals surface area contributed by atoms with Crippen molar-refractivity contribution < 1.29 is 4.74 Å². The maximum atomic E-state index is 6.37. The number of hydrogen-bond acceptors (Lipinski definition) is 1. The zero-order valence-corrected chi connectivity index (χ0v) is 10.9. The second-order valence-electron chi connectivity index (χ2n) is 4.47. The topological polar surface area (TPSA) is 9.23 Å². The molecule has 0 spiro atoms. The molecular formula is C10H18BrClO. The Morgan fingerprint density at radius 1 is 1.62 bits per heavy atom. The van der Waals surface area contributed by atoms with Crippen LogP contribution in [0.2, 0.25) is 0 Å². The highest BCUT2D eigenvalue weighted by Gasteiger charge is 2.40. The summed E-state index contributed by atoms with van der Waals surface area (Å²) in [6.45, 7) is 7.30. The SMILES string of the molecule is CC(C)CC1OCCC(C)(Cl)C1Br. The Hall–Kier alpha value is 0.730. The van der Waals surface area contributed by atoms with Gasteiger partial charge in [-0.25, -0.2) is 0 Å². The fourth-order valence-corrected chi connectivity index (χ4v) is 2.49. The van der Waals surface area contributed by atoms with Gasteiger partial charge < -0.3 is 4.74 Å². The number of alkyl halides is 2. The molecule has 0 bridgehead atoms. The Bertz CT molecular complexity index is 170. The number of ether oxygens (including phenoxy) is 1. The molecule has 13 heavy (non-hydrogen) atoms. The van der Waals surface area contributed by atoms with Crippen LogP contribution in [0.15, 0.2) is 0 Å². The second kappa shape index (κ2) is 4.50. The molecule has 0 aromatic heterocycles. The zero-order valence-electron chi connectivity index (χ0n) is 8.52. The molecule has 3 unspecified atom stereocenters. The zero-order chi connectivity index (χ0) is 10.1. The summed E-state index contributed by atoms with van der Waals surface area (Å²) in [5.74, 6) is 0.663. The minimum Gasteiger partial charge on any atom is -0.377 e. The van der Waals surface area contributed by atoms with Crippen molar-refractivity contribution in [1.29, 1.82) is 0 Å². The van der Waals surface area contributed by atoms with Gasteiger partial charge in [0.1, 0.15) is 0 Å². The van der Waals surface area contributed by atoms with Crippen LogP contribution in [0.3, 0.4) is 0 Å². The van der Waals surface area contributed by atoms with Gasteiger partial charge in [-0.05, 0) is 25.7 Å². The first-order chi connectivity index (χ1) is 5.93. The van der Waals surface area contributed by atoms with Crippen LogP contribution >= 0.6 is 27.5 Å². The standard InChI is InChI=1S/C10H18BrClO/c1-7(2)6-8-9(11)10(3,12)4-5-13-8/h7-9H,4-6H2,1-3H3. The van der Waals surface area contributed by atoms with E-state index in [4.69, 9.17) is 16.3 Å². The third-order valence-corrected chi connectivity index (χ3v) is 4.82. The van der Waals surface area contributed by atoms with Gasteiger partial charge in [0.15, 0.2) is 0 Å². The third-order valence-electron chi connectivity index (χ3n) is 2.53. The van der Waals surface area contributed by atoms with E-state index in [1.807, 2.05) is 0 Å². The van der Waals surface area contributed by atoms with Crippen molar-refractivity contribution in [2.45, 2.75) is 49.4 Å². The van der Waals surface area contributed by atoms with E-state index in [0.717, 1.165) is 19.4 Å². The van der Waals surface area contributed by atoms with Gasteiger partial charge in [0.25, 0.3) is 0 Å². The van der Waals surface area contributed by atoms with Crippen LogP contribution in [0.5, 0.6) is 0 Å². The normalized spacial score (nSPS) is 41.1. The van der Waals surface area contributed by atoms with E-state index in [1.165, 1.54) is 0 Å². The van der Waals surface area contributed by atoms with E-state index in [1.54, 1.807) is 0 Å². The van der Waals surface area contributed by atoms with E-state index >= 15 is 0 Å². The summed E-state index contributed by atoms with van der Waals surface area (Å²) in [6, 6.07) is 0. The quantitative estimate of drug-likeness (QED) is 0.696. The molecule has 0 N–H and O–H groups in total. The predicted octanol–water partition coefficient (Wildman–Crippen LogP) is 3.58. The van der Waals surface area contributed by atoms with Crippen molar-refractivity contribution >= 4 is 27.5 Å². The molecule has 0 aromatic carbocycles. The summed E-state index contributed by atoms with van der Waals surface area (Å²) >= 11 is 10.0. The van der Waals surface area contributed by atoms with Gasteiger partial charge in [-0.15, -0.1) is 11.6 Å². The number of rotatable bonds is 2. The molecule has 1 aliphatic heterocycles. The van der Waals surface area contributed by atoms with Crippen molar-refractivity contribution in [3.8, 4) is 0 Å². The van der Waals surface area contributed by atoms with Crippen LogP contribution in [0.4, 0.5) is 0 Å². The highest BCUT2D eigenvalue weighted by Crippen LogP contribution is 2.38. The van der Waals surface area contributed by atoms with Crippen LogP contribution in [0, 0.1) is 5.92 Å². The lowest BCUT2D eigenvalue weighted by Gasteiger charge is -2.39. The summed E-state index contributed by atoms with van der Waals surface area (Å²) in [7, 11) is 0. The molecule has 0 aromatic rings. The molecular weight excluding hydrogens is 251 g/mol. The van der Waals surface area contributed by atoms with Gasteiger partial charge in [-0.1, -0.05) is 29.8 Å². The first kappa shape index (κ1) is 11.8. The fourth-order valence-electron chi connectivity index (χ4n) is 1.67. The van der Waals surface area contributed by atoms with Crippen molar-refractivity contribution in [3.05, 3.63) is 0 Å². The molecule has 1 fully saturated rings. The Labute approximate surface area is 94.3 Å². The summed E-state index contributed by atoms with van der Waals surface area (Å²) < 4.78 is 5.71. The molecule has 0 saturated carbocycles. The summed E-state index contributed by atoms with van der Waals surface area (Å²) in [5.41, 5.74) is 0. The van der Waals surface area contributed by atoms with E-state index in [-0.39, 0.29) is 15.8 Å². The van der Waals surface area contributed by atoms with E-state index in [9.17, 15) is 0 Å². The molecule has 1 nitrogen and oxygen atoms in total. The highest BCUT2D eigenvalue weighted by molar-refractivity contribution is 9.09. The first-order valence-corrected chi connectivity index (χ1v) is 6.17. The average Bonchev–Trinajstić information content (AvgIpc) is 1.98. The Morgan fingerprint density at radius 3 is 2.77 bits per heavy atom. The Balaban J connectivity index is 2.55. The third kappa shape index (κ3) is 3.10. The van der Waals surface area contributed by atoms with Crippen LogP contribution < -0.4 is 0 Å².